The first kappa shape index (κ1) is 23.9. The second kappa shape index (κ2) is 9.40. The maximum absolute atomic E-state index is 5.02. The largest absolute Gasteiger partial charge is 0.292 e. The van der Waals surface area contributed by atoms with Crippen LogP contribution >= 0.6 is 0 Å². The van der Waals surface area contributed by atoms with Crippen LogP contribution in [0.2, 0.25) is 0 Å². The van der Waals surface area contributed by atoms with Crippen molar-refractivity contribution in [1.29, 1.82) is 0 Å². The van der Waals surface area contributed by atoms with Crippen molar-refractivity contribution in [2.75, 3.05) is 0 Å². The molecule has 0 N–H and O–H groups in total. The molecule has 2 heteroatoms. The fourth-order valence-corrected chi connectivity index (χ4v) is 6.78. The second-order valence-corrected chi connectivity index (χ2v) is 11.2. The minimum Gasteiger partial charge on any atom is -0.292 e. The number of nitrogens with zero attached hydrogens (tertiary/aromatic N) is 2. The number of fused-ring (bicyclic) bond motifs is 1. The van der Waals surface area contributed by atoms with E-state index in [1.54, 1.807) is 0 Å². The van der Waals surface area contributed by atoms with Gasteiger partial charge in [-0.1, -0.05) is 133 Å². The normalized spacial score (nSPS) is 11.7. The molecule has 0 saturated carbocycles. The second-order valence-electron chi connectivity index (χ2n) is 11.2. The van der Waals surface area contributed by atoms with Crippen molar-refractivity contribution >= 4 is 43.4 Å². The highest BCUT2D eigenvalue weighted by atomic mass is 15.1. The molecule has 0 bridgehead atoms. The minimum absolute atomic E-state index is 0.950. The van der Waals surface area contributed by atoms with Crippen molar-refractivity contribution in [1.82, 2.24) is 9.55 Å². The standard InChI is InChI=1S/C41H26N2/c1-3-9-27(10-4-1)33-23-17-29-20-26-36-34(24-18-30-19-25-35(33)39(29)40(30)36)28-15-21-32(22-16-28)43-38-14-8-7-13-37(38)42-41(43)31-11-5-2-6-12-31/h1-26H. The molecular formula is C41H26N2. The van der Waals surface area contributed by atoms with E-state index in [-0.39, 0.29) is 0 Å². The lowest BCUT2D eigenvalue weighted by molar-refractivity contribution is 1.10. The number of hydrogen-bond donors (Lipinski definition) is 0. The van der Waals surface area contributed by atoms with Crippen molar-refractivity contribution < 1.29 is 0 Å². The van der Waals surface area contributed by atoms with Gasteiger partial charge in [0, 0.05) is 11.3 Å². The summed E-state index contributed by atoms with van der Waals surface area (Å²) in [6.45, 7) is 0. The predicted octanol–water partition coefficient (Wildman–Crippen LogP) is 10.9. The summed E-state index contributed by atoms with van der Waals surface area (Å²) >= 11 is 0. The average Bonchev–Trinajstić information content (AvgIpc) is 3.48. The maximum Gasteiger partial charge on any atom is 0.145 e. The number of hydrogen-bond acceptors (Lipinski definition) is 1. The van der Waals surface area contributed by atoms with Crippen LogP contribution in [0, 0.1) is 0 Å². The van der Waals surface area contributed by atoms with E-state index >= 15 is 0 Å². The highest BCUT2D eigenvalue weighted by Crippen LogP contribution is 2.42. The van der Waals surface area contributed by atoms with Crippen molar-refractivity contribution in [3.63, 3.8) is 0 Å². The van der Waals surface area contributed by atoms with Crippen LogP contribution in [0.5, 0.6) is 0 Å². The van der Waals surface area contributed by atoms with Crippen LogP contribution in [0.3, 0.4) is 0 Å². The molecule has 200 valence electrons. The number of benzene rings is 8. The number of imidazole rings is 1. The van der Waals surface area contributed by atoms with Gasteiger partial charge in [0.25, 0.3) is 0 Å². The summed E-state index contributed by atoms with van der Waals surface area (Å²) in [7, 11) is 0. The molecule has 0 aliphatic carbocycles. The summed E-state index contributed by atoms with van der Waals surface area (Å²) in [5, 5.41) is 7.81. The summed E-state index contributed by atoms with van der Waals surface area (Å²) in [6.07, 6.45) is 0. The van der Waals surface area contributed by atoms with Crippen LogP contribution in [0.15, 0.2) is 158 Å². The summed E-state index contributed by atoms with van der Waals surface area (Å²) < 4.78 is 2.27. The van der Waals surface area contributed by atoms with Gasteiger partial charge in [0.2, 0.25) is 0 Å². The van der Waals surface area contributed by atoms with Gasteiger partial charge in [-0.25, -0.2) is 4.98 Å². The summed E-state index contributed by atoms with van der Waals surface area (Å²) in [5.74, 6) is 0.950. The topological polar surface area (TPSA) is 17.8 Å². The van der Waals surface area contributed by atoms with E-state index in [4.69, 9.17) is 4.98 Å². The molecule has 9 aromatic rings. The smallest absolute Gasteiger partial charge is 0.145 e. The highest BCUT2D eigenvalue weighted by molar-refractivity contribution is 6.27. The Morgan fingerprint density at radius 1 is 0.395 bits per heavy atom. The number of rotatable bonds is 4. The zero-order valence-electron chi connectivity index (χ0n) is 23.4. The van der Waals surface area contributed by atoms with E-state index in [2.05, 4.69) is 150 Å². The molecule has 2 nitrogen and oxygen atoms in total. The Morgan fingerprint density at radius 3 is 1.53 bits per heavy atom. The average molecular weight is 547 g/mol. The van der Waals surface area contributed by atoms with Gasteiger partial charge in [-0.3, -0.25) is 4.57 Å². The van der Waals surface area contributed by atoms with Gasteiger partial charge in [0.15, 0.2) is 0 Å². The molecule has 43 heavy (non-hydrogen) atoms. The van der Waals surface area contributed by atoms with Gasteiger partial charge in [-0.2, -0.15) is 0 Å². The Labute approximate surface area is 249 Å². The first-order chi connectivity index (χ1) is 21.3. The van der Waals surface area contributed by atoms with Crippen molar-refractivity contribution in [2.45, 2.75) is 0 Å². The van der Waals surface area contributed by atoms with E-state index in [0.717, 1.165) is 28.1 Å². The van der Waals surface area contributed by atoms with Gasteiger partial charge in [-0.05, 0) is 78.8 Å². The van der Waals surface area contributed by atoms with Crippen LogP contribution in [-0.4, -0.2) is 9.55 Å². The lowest BCUT2D eigenvalue weighted by Gasteiger charge is -2.17. The maximum atomic E-state index is 5.02. The Bertz CT molecular complexity index is 2420. The minimum atomic E-state index is 0.950. The molecule has 0 amide bonds. The molecule has 0 atom stereocenters. The monoisotopic (exact) mass is 546 g/mol. The van der Waals surface area contributed by atoms with E-state index in [0.29, 0.717) is 0 Å². The molecule has 8 aromatic carbocycles. The molecule has 0 radical (unpaired) electrons. The van der Waals surface area contributed by atoms with E-state index in [1.165, 1.54) is 54.6 Å². The van der Waals surface area contributed by atoms with Crippen molar-refractivity contribution in [2.24, 2.45) is 0 Å². The van der Waals surface area contributed by atoms with Crippen LogP contribution in [0.4, 0.5) is 0 Å². The number of aromatic nitrogens is 2. The summed E-state index contributed by atoms with van der Waals surface area (Å²) in [5.41, 5.74) is 9.27. The Kier molecular flexibility index (Phi) is 5.23. The van der Waals surface area contributed by atoms with Crippen molar-refractivity contribution in [3.05, 3.63) is 158 Å². The lowest BCUT2D eigenvalue weighted by atomic mass is 9.87. The van der Waals surface area contributed by atoms with Crippen LogP contribution < -0.4 is 0 Å². The summed E-state index contributed by atoms with van der Waals surface area (Å²) in [6, 6.07) is 56.7. The quantitative estimate of drug-likeness (QED) is 0.201. The molecule has 1 heterocycles. The SMILES string of the molecule is c1ccc(-c2ccc3ccc4c(-c5ccc(-n6c(-c7ccccc7)nc7ccccc76)cc5)ccc5ccc2c3c54)cc1. The molecule has 0 saturated heterocycles. The lowest BCUT2D eigenvalue weighted by Crippen LogP contribution is -1.97. The van der Waals surface area contributed by atoms with Gasteiger partial charge in [-0.15, -0.1) is 0 Å². The molecule has 1 aromatic heterocycles. The Morgan fingerprint density at radius 2 is 0.907 bits per heavy atom. The zero-order chi connectivity index (χ0) is 28.3. The fraction of sp³-hybridized carbons (Fsp3) is 0. The van der Waals surface area contributed by atoms with Crippen molar-refractivity contribution in [3.8, 4) is 39.3 Å². The summed E-state index contributed by atoms with van der Waals surface area (Å²) in [4.78, 5) is 5.02. The fourth-order valence-electron chi connectivity index (χ4n) is 6.78. The van der Waals surface area contributed by atoms with Gasteiger partial charge in [0.05, 0.1) is 11.0 Å². The van der Waals surface area contributed by atoms with E-state index in [1.807, 2.05) is 12.1 Å². The van der Waals surface area contributed by atoms with Gasteiger partial charge < -0.3 is 0 Å². The van der Waals surface area contributed by atoms with Gasteiger partial charge >= 0.3 is 0 Å². The molecule has 0 unspecified atom stereocenters. The van der Waals surface area contributed by atoms with E-state index < -0.39 is 0 Å². The predicted molar refractivity (Wildman–Crippen MR) is 181 cm³/mol. The Balaban J connectivity index is 1.22. The third kappa shape index (κ3) is 3.70. The third-order valence-electron chi connectivity index (χ3n) is 8.78. The first-order valence-electron chi connectivity index (χ1n) is 14.7. The van der Waals surface area contributed by atoms with E-state index in [9.17, 15) is 0 Å². The van der Waals surface area contributed by atoms with Crippen LogP contribution in [0.1, 0.15) is 0 Å². The molecule has 9 rings (SSSR count). The molecular weight excluding hydrogens is 520 g/mol. The molecule has 0 spiro atoms. The number of para-hydroxylation sites is 2. The van der Waals surface area contributed by atoms with Crippen LogP contribution in [0.25, 0.3) is 82.7 Å². The molecule has 0 fully saturated rings. The van der Waals surface area contributed by atoms with Gasteiger partial charge in [0.1, 0.15) is 5.82 Å². The highest BCUT2D eigenvalue weighted by Gasteiger charge is 2.16. The first-order valence-corrected chi connectivity index (χ1v) is 14.7. The van der Waals surface area contributed by atoms with Crippen LogP contribution in [-0.2, 0) is 0 Å². The molecule has 0 aliphatic rings. The third-order valence-corrected chi connectivity index (χ3v) is 8.78. The Hall–Kier alpha value is -5.73. The zero-order valence-corrected chi connectivity index (χ0v) is 23.4. The molecule has 0 aliphatic heterocycles.